The molecule has 0 spiro atoms. The van der Waals surface area contributed by atoms with Gasteiger partial charge in [-0.25, -0.2) is 0 Å². The second-order valence-corrected chi connectivity index (χ2v) is 5.68. The van der Waals surface area contributed by atoms with Crippen LogP contribution in [0.15, 0.2) is 12.1 Å². The molecule has 25 heavy (non-hydrogen) atoms. The van der Waals surface area contributed by atoms with E-state index in [9.17, 15) is 24.8 Å². The number of carboxylic acid groups (broad SMARTS) is 1. The molecule has 136 valence electrons. The maximum atomic E-state index is 12.8. The van der Waals surface area contributed by atoms with Crippen molar-refractivity contribution in [3.63, 3.8) is 0 Å². The molecular weight excluding hydrogens is 332 g/mol. The molecule has 1 fully saturated rings. The third kappa shape index (κ3) is 3.49. The molecule has 1 amide bonds. The summed E-state index contributed by atoms with van der Waals surface area (Å²) in [5, 5.41) is 20.6. The number of methoxy groups -OCH3 is 1. The van der Waals surface area contributed by atoms with Crippen molar-refractivity contribution in [1.29, 1.82) is 0 Å². The van der Waals surface area contributed by atoms with Crippen LogP contribution in [-0.4, -0.2) is 53.1 Å². The maximum absolute atomic E-state index is 12.8. The second kappa shape index (κ2) is 7.37. The summed E-state index contributed by atoms with van der Waals surface area (Å²) in [5.41, 5.74) is -0.552. The number of carbonyl (C=O) groups is 2. The Hall–Kier alpha value is -2.84. The molecule has 2 atom stereocenters. The molecule has 0 radical (unpaired) electrons. The fourth-order valence-corrected chi connectivity index (χ4v) is 3.01. The number of hydrogen-bond acceptors (Lipinski definition) is 6. The van der Waals surface area contributed by atoms with Crippen LogP contribution in [0.2, 0.25) is 0 Å². The lowest BCUT2D eigenvalue weighted by Crippen LogP contribution is -2.37. The van der Waals surface area contributed by atoms with Crippen LogP contribution in [0.4, 0.5) is 5.69 Å². The summed E-state index contributed by atoms with van der Waals surface area (Å²) >= 11 is 0. The van der Waals surface area contributed by atoms with Gasteiger partial charge in [0.25, 0.3) is 11.6 Å². The van der Waals surface area contributed by atoms with E-state index in [-0.39, 0.29) is 30.2 Å². The number of ether oxygens (including phenoxy) is 2. The Labute approximate surface area is 144 Å². The molecule has 1 aliphatic rings. The van der Waals surface area contributed by atoms with Crippen molar-refractivity contribution in [2.75, 3.05) is 20.3 Å². The summed E-state index contributed by atoms with van der Waals surface area (Å²) in [7, 11) is 1.37. The molecule has 2 rings (SSSR count). The van der Waals surface area contributed by atoms with Gasteiger partial charge in [-0.05, 0) is 20.3 Å². The molecule has 1 aliphatic heterocycles. The normalized spacial score (nSPS) is 19.6. The molecular formula is C16H20N2O7. The van der Waals surface area contributed by atoms with Gasteiger partial charge in [0.2, 0.25) is 0 Å². The summed E-state index contributed by atoms with van der Waals surface area (Å²) < 4.78 is 10.5. The number of carboxylic acids is 1. The minimum absolute atomic E-state index is 0.150. The quantitative estimate of drug-likeness (QED) is 0.613. The van der Waals surface area contributed by atoms with E-state index in [4.69, 9.17) is 9.47 Å². The summed E-state index contributed by atoms with van der Waals surface area (Å²) in [6.07, 6.45) is 0.310. The first-order valence-corrected chi connectivity index (χ1v) is 7.84. The molecule has 1 heterocycles. The molecule has 0 saturated carbocycles. The highest BCUT2D eigenvalue weighted by molar-refractivity contribution is 5.99. The standard InChI is InChI=1S/C16H20N2O7/c1-4-25-14-8-12(18(22)23)11(7-13(14)24-3)15(19)17-6-5-10(9(17)2)16(20)21/h7-10H,4-6H2,1-3H3,(H,20,21). The number of aliphatic carboxylic acids is 1. The Morgan fingerprint density at radius 2 is 2.08 bits per heavy atom. The Morgan fingerprint density at radius 1 is 1.40 bits per heavy atom. The van der Waals surface area contributed by atoms with Crippen molar-refractivity contribution in [2.45, 2.75) is 26.3 Å². The summed E-state index contributed by atoms with van der Waals surface area (Å²) in [4.78, 5) is 36.1. The van der Waals surface area contributed by atoms with Crippen LogP contribution in [0.1, 0.15) is 30.6 Å². The topological polar surface area (TPSA) is 119 Å². The van der Waals surface area contributed by atoms with Gasteiger partial charge >= 0.3 is 5.97 Å². The zero-order valence-electron chi connectivity index (χ0n) is 14.2. The summed E-state index contributed by atoms with van der Waals surface area (Å²) in [6.45, 7) is 3.86. The number of nitrogens with zero attached hydrogens (tertiary/aromatic N) is 2. The maximum Gasteiger partial charge on any atom is 0.308 e. The molecule has 0 aliphatic carbocycles. The highest BCUT2D eigenvalue weighted by Gasteiger charge is 2.40. The van der Waals surface area contributed by atoms with Crippen LogP contribution in [0.3, 0.4) is 0 Å². The van der Waals surface area contributed by atoms with Gasteiger partial charge in [0.1, 0.15) is 5.56 Å². The zero-order chi connectivity index (χ0) is 18.7. The lowest BCUT2D eigenvalue weighted by atomic mass is 10.0. The minimum atomic E-state index is -0.985. The number of benzene rings is 1. The molecule has 1 aromatic rings. The largest absolute Gasteiger partial charge is 0.493 e. The van der Waals surface area contributed by atoms with Crippen molar-refractivity contribution in [2.24, 2.45) is 5.92 Å². The Kier molecular flexibility index (Phi) is 5.45. The third-order valence-corrected chi connectivity index (χ3v) is 4.34. The molecule has 9 heteroatoms. The van der Waals surface area contributed by atoms with Crippen LogP contribution in [0.25, 0.3) is 0 Å². The molecule has 0 bridgehead atoms. The van der Waals surface area contributed by atoms with Crippen LogP contribution >= 0.6 is 0 Å². The number of nitro groups is 1. The first-order valence-electron chi connectivity index (χ1n) is 7.84. The van der Waals surface area contributed by atoms with Crippen molar-refractivity contribution in [3.8, 4) is 11.5 Å². The van der Waals surface area contributed by atoms with Gasteiger partial charge in [0.05, 0.1) is 30.6 Å². The van der Waals surface area contributed by atoms with E-state index < -0.39 is 34.4 Å². The van der Waals surface area contributed by atoms with Gasteiger partial charge in [0.15, 0.2) is 11.5 Å². The first kappa shape index (κ1) is 18.5. The molecule has 2 unspecified atom stereocenters. The highest BCUT2D eigenvalue weighted by atomic mass is 16.6. The number of hydrogen-bond donors (Lipinski definition) is 1. The van der Waals surface area contributed by atoms with Crippen LogP contribution in [0.5, 0.6) is 11.5 Å². The molecule has 1 aromatic carbocycles. The van der Waals surface area contributed by atoms with Gasteiger partial charge in [-0.1, -0.05) is 0 Å². The van der Waals surface area contributed by atoms with E-state index in [1.807, 2.05) is 0 Å². The van der Waals surface area contributed by atoms with Crippen molar-refractivity contribution in [1.82, 2.24) is 4.90 Å². The van der Waals surface area contributed by atoms with E-state index in [0.717, 1.165) is 6.07 Å². The van der Waals surface area contributed by atoms with E-state index in [1.54, 1.807) is 13.8 Å². The van der Waals surface area contributed by atoms with E-state index in [2.05, 4.69) is 0 Å². The van der Waals surface area contributed by atoms with Crippen molar-refractivity contribution < 1.29 is 29.1 Å². The van der Waals surface area contributed by atoms with Crippen molar-refractivity contribution >= 4 is 17.6 Å². The predicted molar refractivity (Wildman–Crippen MR) is 87.1 cm³/mol. The van der Waals surface area contributed by atoms with Gasteiger partial charge < -0.3 is 19.5 Å². The number of rotatable bonds is 6. The average molecular weight is 352 g/mol. The molecule has 0 aromatic heterocycles. The smallest absolute Gasteiger partial charge is 0.308 e. The monoisotopic (exact) mass is 352 g/mol. The van der Waals surface area contributed by atoms with E-state index in [0.29, 0.717) is 6.42 Å². The fourth-order valence-electron chi connectivity index (χ4n) is 3.01. The first-order chi connectivity index (χ1) is 11.8. The number of likely N-dealkylation sites (tertiary alicyclic amines) is 1. The Balaban J connectivity index is 2.45. The van der Waals surface area contributed by atoms with E-state index in [1.165, 1.54) is 18.1 Å². The van der Waals surface area contributed by atoms with E-state index >= 15 is 0 Å². The zero-order valence-corrected chi connectivity index (χ0v) is 14.2. The molecule has 1 saturated heterocycles. The highest BCUT2D eigenvalue weighted by Crippen LogP contribution is 2.36. The fraction of sp³-hybridized carbons (Fsp3) is 0.500. The summed E-state index contributed by atoms with van der Waals surface area (Å²) in [5.74, 6) is -1.89. The predicted octanol–water partition coefficient (Wildman–Crippen LogP) is 1.94. The summed E-state index contributed by atoms with van der Waals surface area (Å²) in [6, 6.07) is 1.87. The average Bonchev–Trinajstić information content (AvgIpc) is 2.95. The van der Waals surface area contributed by atoms with Crippen molar-refractivity contribution in [3.05, 3.63) is 27.8 Å². The van der Waals surface area contributed by atoms with Gasteiger partial charge in [0, 0.05) is 18.7 Å². The van der Waals surface area contributed by atoms with Crippen LogP contribution in [-0.2, 0) is 4.79 Å². The number of nitro benzene ring substituents is 1. The van der Waals surface area contributed by atoms with Crippen LogP contribution in [0, 0.1) is 16.0 Å². The number of amides is 1. The third-order valence-electron chi connectivity index (χ3n) is 4.34. The van der Waals surface area contributed by atoms with Gasteiger partial charge in [-0.2, -0.15) is 0 Å². The lowest BCUT2D eigenvalue weighted by molar-refractivity contribution is -0.385. The molecule has 9 nitrogen and oxygen atoms in total. The Morgan fingerprint density at radius 3 is 2.56 bits per heavy atom. The Bertz CT molecular complexity index is 704. The van der Waals surface area contributed by atoms with Gasteiger partial charge in [-0.15, -0.1) is 0 Å². The minimum Gasteiger partial charge on any atom is -0.493 e. The SMILES string of the molecule is CCOc1cc([N+](=O)[O-])c(C(=O)N2CCC(C(=O)O)C2C)cc1OC. The lowest BCUT2D eigenvalue weighted by Gasteiger charge is -2.23. The van der Waals surface area contributed by atoms with Gasteiger partial charge in [-0.3, -0.25) is 19.7 Å². The van der Waals surface area contributed by atoms with Crippen LogP contribution < -0.4 is 9.47 Å². The second-order valence-electron chi connectivity index (χ2n) is 5.68. The molecule has 1 N–H and O–H groups in total. The number of carbonyl (C=O) groups excluding carboxylic acids is 1.